The third-order valence-corrected chi connectivity index (χ3v) is 3.04. The maximum atomic E-state index is 11.2. The van der Waals surface area contributed by atoms with Gasteiger partial charge in [0.2, 0.25) is 0 Å². The number of rotatable bonds is 7. The lowest BCUT2D eigenvalue weighted by Crippen LogP contribution is -2.33. The van der Waals surface area contributed by atoms with Crippen molar-refractivity contribution in [2.75, 3.05) is 18.5 Å². The van der Waals surface area contributed by atoms with Gasteiger partial charge in [-0.25, -0.2) is 4.79 Å². The number of ether oxygens (including phenoxy) is 1. The lowest BCUT2D eigenvalue weighted by atomic mass is 10.1. The largest absolute Gasteiger partial charge is 0.478 e. The molecule has 0 heterocycles. The van der Waals surface area contributed by atoms with Crippen LogP contribution in [0.25, 0.3) is 0 Å². The molecule has 1 rings (SSSR count). The van der Waals surface area contributed by atoms with Gasteiger partial charge in [0, 0.05) is 25.3 Å². The van der Waals surface area contributed by atoms with Gasteiger partial charge in [-0.05, 0) is 20.8 Å². The van der Waals surface area contributed by atoms with Crippen molar-refractivity contribution >= 4 is 28.9 Å². The Bertz CT molecular complexity index is 560. The minimum Gasteiger partial charge on any atom is -0.478 e. The van der Waals surface area contributed by atoms with Gasteiger partial charge in [0.25, 0.3) is 5.69 Å². The molecule has 0 atom stereocenters. The minimum atomic E-state index is -1.29. The number of aromatic carboxylic acids is 1. The van der Waals surface area contributed by atoms with Crippen LogP contribution in [0.2, 0.25) is 5.02 Å². The van der Waals surface area contributed by atoms with Crippen LogP contribution >= 0.6 is 11.6 Å². The Morgan fingerprint density at radius 3 is 2.62 bits per heavy atom. The van der Waals surface area contributed by atoms with Crippen LogP contribution in [-0.2, 0) is 4.74 Å². The molecule has 0 amide bonds. The molecule has 0 aliphatic rings. The van der Waals surface area contributed by atoms with Crippen molar-refractivity contribution < 1.29 is 19.6 Å². The fourth-order valence-electron chi connectivity index (χ4n) is 1.79. The number of nitrogens with zero attached hydrogens (tertiary/aromatic N) is 1. The SMILES string of the molecule is CCOC(C)(C)CNc1c(Cl)cc([N+](=O)[O-])cc1C(=O)O. The van der Waals surface area contributed by atoms with Gasteiger partial charge >= 0.3 is 5.97 Å². The van der Waals surface area contributed by atoms with Crippen molar-refractivity contribution in [1.82, 2.24) is 0 Å². The van der Waals surface area contributed by atoms with Crippen LogP contribution in [0.3, 0.4) is 0 Å². The molecule has 1 aromatic carbocycles. The first kappa shape index (κ1) is 17.2. The molecule has 8 heteroatoms. The van der Waals surface area contributed by atoms with Crippen LogP contribution < -0.4 is 5.32 Å². The van der Waals surface area contributed by atoms with Crippen molar-refractivity contribution in [3.8, 4) is 0 Å². The Hall–Kier alpha value is -1.86. The summed E-state index contributed by atoms with van der Waals surface area (Å²) in [6.45, 7) is 6.34. The Labute approximate surface area is 127 Å². The van der Waals surface area contributed by atoms with Gasteiger partial charge in [0.15, 0.2) is 0 Å². The molecule has 0 unspecified atom stereocenters. The summed E-state index contributed by atoms with van der Waals surface area (Å²) in [6.07, 6.45) is 0. The molecule has 0 aromatic heterocycles. The van der Waals surface area contributed by atoms with Gasteiger partial charge in [0.1, 0.15) is 0 Å². The molecule has 0 saturated heterocycles. The molecule has 0 saturated carbocycles. The Kier molecular flexibility index (Phi) is 5.51. The highest BCUT2D eigenvalue weighted by Gasteiger charge is 2.23. The lowest BCUT2D eigenvalue weighted by molar-refractivity contribution is -0.384. The van der Waals surface area contributed by atoms with Crippen molar-refractivity contribution in [2.45, 2.75) is 26.4 Å². The predicted octanol–water partition coefficient (Wildman–Crippen LogP) is 3.17. The number of carboxylic acid groups (broad SMARTS) is 1. The van der Waals surface area contributed by atoms with Crippen molar-refractivity contribution in [3.05, 3.63) is 32.8 Å². The number of benzene rings is 1. The summed E-state index contributed by atoms with van der Waals surface area (Å²) in [5.74, 6) is -1.29. The van der Waals surface area contributed by atoms with E-state index in [4.69, 9.17) is 16.3 Å². The first-order valence-electron chi connectivity index (χ1n) is 6.27. The van der Waals surface area contributed by atoms with Crippen LogP contribution in [-0.4, -0.2) is 34.8 Å². The molecule has 1 aromatic rings. The second kappa shape index (κ2) is 6.73. The summed E-state index contributed by atoms with van der Waals surface area (Å²) in [5, 5.41) is 22.8. The van der Waals surface area contributed by atoms with E-state index in [9.17, 15) is 20.0 Å². The fraction of sp³-hybridized carbons (Fsp3) is 0.462. The highest BCUT2D eigenvalue weighted by molar-refractivity contribution is 6.34. The van der Waals surface area contributed by atoms with E-state index >= 15 is 0 Å². The molecule has 21 heavy (non-hydrogen) atoms. The summed E-state index contributed by atoms with van der Waals surface area (Å²) in [6, 6.07) is 2.09. The molecule has 0 aliphatic heterocycles. The number of anilines is 1. The van der Waals surface area contributed by atoms with Gasteiger partial charge in [-0.15, -0.1) is 0 Å². The number of hydrogen-bond acceptors (Lipinski definition) is 5. The molecule has 116 valence electrons. The van der Waals surface area contributed by atoms with Gasteiger partial charge < -0.3 is 15.2 Å². The zero-order chi connectivity index (χ0) is 16.2. The van der Waals surface area contributed by atoms with E-state index in [2.05, 4.69) is 5.32 Å². The molecular weight excluding hydrogens is 300 g/mol. The van der Waals surface area contributed by atoms with Crippen molar-refractivity contribution in [1.29, 1.82) is 0 Å². The lowest BCUT2D eigenvalue weighted by Gasteiger charge is -2.26. The average molecular weight is 317 g/mol. The number of hydrogen-bond donors (Lipinski definition) is 2. The van der Waals surface area contributed by atoms with E-state index in [0.29, 0.717) is 13.2 Å². The van der Waals surface area contributed by atoms with Crippen LogP contribution in [0, 0.1) is 10.1 Å². The minimum absolute atomic E-state index is 0.0195. The maximum Gasteiger partial charge on any atom is 0.338 e. The predicted molar refractivity (Wildman–Crippen MR) is 79.3 cm³/mol. The summed E-state index contributed by atoms with van der Waals surface area (Å²) >= 11 is 5.96. The highest BCUT2D eigenvalue weighted by atomic mass is 35.5. The van der Waals surface area contributed by atoms with Crippen LogP contribution in [0.5, 0.6) is 0 Å². The van der Waals surface area contributed by atoms with Crippen molar-refractivity contribution in [2.24, 2.45) is 0 Å². The summed E-state index contributed by atoms with van der Waals surface area (Å²) < 4.78 is 5.49. The molecule has 2 N–H and O–H groups in total. The number of carboxylic acids is 1. The molecule has 0 aliphatic carbocycles. The first-order valence-corrected chi connectivity index (χ1v) is 6.65. The first-order chi connectivity index (χ1) is 9.68. The normalized spacial score (nSPS) is 11.2. The summed E-state index contributed by atoms with van der Waals surface area (Å²) in [7, 11) is 0. The van der Waals surface area contributed by atoms with E-state index in [1.165, 1.54) is 0 Å². The van der Waals surface area contributed by atoms with Crippen LogP contribution in [0.4, 0.5) is 11.4 Å². The standard InChI is InChI=1S/C13H17ClN2O5/c1-4-21-13(2,3)7-15-11-9(12(17)18)5-8(16(19)20)6-10(11)14/h5-6,15H,4,7H2,1-3H3,(H,17,18). The fourth-order valence-corrected chi connectivity index (χ4v) is 2.07. The molecule has 0 bridgehead atoms. The van der Waals surface area contributed by atoms with Crippen LogP contribution in [0.1, 0.15) is 31.1 Å². The average Bonchev–Trinajstić information content (AvgIpc) is 2.35. The number of halogens is 1. The number of nitrogens with one attached hydrogen (secondary N) is 1. The number of carbonyl (C=O) groups is 1. The third kappa shape index (κ3) is 4.57. The Balaban J connectivity index is 3.12. The second-order valence-electron chi connectivity index (χ2n) is 4.96. The van der Waals surface area contributed by atoms with Crippen molar-refractivity contribution in [3.63, 3.8) is 0 Å². The van der Waals surface area contributed by atoms with E-state index in [0.717, 1.165) is 12.1 Å². The highest BCUT2D eigenvalue weighted by Crippen LogP contribution is 2.32. The van der Waals surface area contributed by atoms with E-state index in [-0.39, 0.29) is 22.0 Å². The second-order valence-corrected chi connectivity index (χ2v) is 5.37. The number of nitro benzene ring substituents is 1. The smallest absolute Gasteiger partial charge is 0.338 e. The quantitative estimate of drug-likeness (QED) is 0.591. The zero-order valence-corrected chi connectivity index (χ0v) is 12.7. The zero-order valence-electron chi connectivity index (χ0n) is 12.0. The molecule has 7 nitrogen and oxygen atoms in total. The number of non-ortho nitro benzene ring substituents is 1. The van der Waals surface area contributed by atoms with Gasteiger partial charge in [-0.2, -0.15) is 0 Å². The molecule has 0 radical (unpaired) electrons. The van der Waals surface area contributed by atoms with Gasteiger partial charge in [-0.3, -0.25) is 10.1 Å². The molecular formula is C13H17ClN2O5. The van der Waals surface area contributed by atoms with Crippen LogP contribution in [0.15, 0.2) is 12.1 Å². The Morgan fingerprint density at radius 1 is 1.52 bits per heavy atom. The molecule has 0 spiro atoms. The number of nitro groups is 1. The maximum absolute atomic E-state index is 11.2. The van der Waals surface area contributed by atoms with Gasteiger partial charge in [-0.1, -0.05) is 11.6 Å². The van der Waals surface area contributed by atoms with E-state index in [1.54, 1.807) is 0 Å². The topological polar surface area (TPSA) is 102 Å². The van der Waals surface area contributed by atoms with Gasteiger partial charge in [0.05, 0.1) is 26.8 Å². The monoisotopic (exact) mass is 316 g/mol. The van der Waals surface area contributed by atoms with E-state index < -0.39 is 16.5 Å². The summed E-state index contributed by atoms with van der Waals surface area (Å²) in [5.41, 5.74) is -1.01. The summed E-state index contributed by atoms with van der Waals surface area (Å²) in [4.78, 5) is 21.3. The Morgan fingerprint density at radius 2 is 2.14 bits per heavy atom. The third-order valence-electron chi connectivity index (χ3n) is 2.74. The molecule has 0 fully saturated rings. The van der Waals surface area contributed by atoms with E-state index in [1.807, 2.05) is 20.8 Å².